The van der Waals surface area contributed by atoms with Crippen LogP contribution in [0.5, 0.6) is 5.75 Å². The van der Waals surface area contributed by atoms with Crippen LogP contribution in [0.2, 0.25) is 0 Å². The summed E-state index contributed by atoms with van der Waals surface area (Å²) in [6.07, 6.45) is 2.02. The van der Waals surface area contributed by atoms with Crippen molar-refractivity contribution in [1.82, 2.24) is 9.62 Å². The van der Waals surface area contributed by atoms with Crippen LogP contribution in [0.25, 0.3) is 0 Å². The molecule has 3 rings (SSSR count). The molecule has 0 radical (unpaired) electrons. The molecule has 1 N–H and O–H groups in total. The summed E-state index contributed by atoms with van der Waals surface area (Å²) in [4.78, 5) is 2.76. The molecule has 1 fully saturated rings. The summed E-state index contributed by atoms with van der Waals surface area (Å²) < 4.78 is 34.0. The third kappa shape index (κ3) is 5.81. The van der Waals surface area contributed by atoms with Crippen molar-refractivity contribution in [1.29, 1.82) is 0 Å². The zero-order chi connectivity index (χ0) is 20.9. The molecule has 0 unspecified atom stereocenters. The van der Waals surface area contributed by atoms with Gasteiger partial charge in [-0.15, -0.1) is 0 Å². The van der Waals surface area contributed by atoms with Crippen molar-refractivity contribution in [2.24, 2.45) is 5.92 Å². The molecule has 0 aliphatic carbocycles. The van der Waals surface area contributed by atoms with E-state index in [0.717, 1.165) is 49.4 Å². The van der Waals surface area contributed by atoms with Gasteiger partial charge in [0.15, 0.2) is 0 Å². The van der Waals surface area contributed by atoms with E-state index in [1.807, 2.05) is 26.8 Å². The normalized spacial score (nSPS) is 16.1. The first kappa shape index (κ1) is 21.8. The number of likely N-dealkylation sites (tertiary alicyclic amines) is 1. The number of piperidine rings is 1. The molecule has 0 atom stereocenters. The Labute approximate surface area is 175 Å². The maximum absolute atomic E-state index is 12.8. The van der Waals surface area contributed by atoms with Gasteiger partial charge in [-0.1, -0.05) is 30.3 Å². The summed E-state index contributed by atoms with van der Waals surface area (Å²) in [6, 6.07) is 13.9. The Morgan fingerprint density at radius 1 is 1.07 bits per heavy atom. The maximum Gasteiger partial charge on any atom is 0.240 e. The molecular weight excluding hydrogens is 384 g/mol. The second-order valence-corrected chi connectivity index (χ2v) is 9.64. The topological polar surface area (TPSA) is 58.6 Å². The Morgan fingerprint density at radius 2 is 1.69 bits per heavy atom. The molecule has 0 aromatic heterocycles. The summed E-state index contributed by atoms with van der Waals surface area (Å²) in [6.45, 7) is 9.73. The van der Waals surface area contributed by atoms with E-state index in [2.05, 4.69) is 33.9 Å². The quantitative estimate of drug-likeness (QED) is 0.709. The molecular formula is C23H32N2O3S. The van der Waals surface area contributed by atoms with Crippen molar-refractivity contribution in [3.63, 3.8) is 0 Å². The number of sulfonamides is 1. The molecule has 6 heteroatoms. The van der Waals surface area contributed by atoms with Crippen LogP contribution in [0.15, 0.2) is 47.4 Å². The van der Waals surface area contributed by atoms with Crippen LogP contribution < -0.4 is 9.46 Å². The van der Waals surface area contributed by atoms with Gasteiger partial charge >= 0.3 is 0 Å². The maximum atomic E-state index is 12.8. The van der Waals surface area contributed by atoms with Crippen molar-refractivity contribution in [3.05, 3.63) is 59.2 Å². The average molecular weight is 417 g/mol. The van der Waals surface area contributed by atoms with E-state index >= 15 is 0 Å². The van der Waals surface area contributed by atoms with Gasteiger partial charge in [0.2, 0.25) is 10.0 Å². The lowest BCUT2D eigenvalue weighted by Gasteiger charge is -2.32. The summed E-state index contributed by atoms with van der Waals surface area (Å²) >= 11 is 0. The van der Waals surface area contributed by atoms with Crippen molar-refractivity contribution >= 4 is 10.0 Å². The summed E-state index contributed by atoms with van der Waals surface area (Å²) in [5.41, 5.74) is 3.02. The number of nitrogens with one attached hydrogen (secondary N) is 1. The van der Waals surface area contributed by atoms with Gasteiger partial charge in [-0.3, -0.25) is 4.90 Å². The molecule has 0 spiro atoms. The van der Waals surface area contributed by atoms with Crippen molar-refractivity contribution < 1.29 is 13.2 Å². The van der Waals surface area contributed by atoms with Gasteiger partial charge in [0.05, 0.1) is 11.5 Å². The van der Waals surface area contributed by atoms with E-state index in [1.54, 1.807) is 12.1 Å². The minimum Gasteiger partial charge on any atom is -0.493 e. The van der Waals surface area contributed by atoms with Crippen molar-refractivity contribution in [2.45, 2.75) is 45.1 Å². The highest BCUT2D eigenvalue weighted by molar-refractivity contribution is 7.89. The fourth-order valence-electron chi connectivity index (χ4n) is 3.94. The molecule has 5 nitrogen and oxygen atoms in total. The molecule has 1 heterocycles. The molecule has 29 heavy (non-hydrogen) atoms. The lowest BCUT2D eigenvalue weighted by molar-refractivity contribution is 0.178. The van der Waals surface area contributed by atoms with E-state index < -0.39 is 10.0 Å². The third-order valence-electron chi connectivity index (χ3n) is 5.55. The van der Waals surface area contributed by atoms with Crippen LogP contribution >= 0.6 is 0 Å². The lowest BCUT2D eigenvalue weighted by atomic mass is 9.97. The van der Waals surface area contributed by atoms with Crippen LogP contribution in [0.4, 0.5) is 0 Å². The SMILES string of the molecule is CCOc1c(C)cc(S(=O)(=O)NCC2CCN(Cc3ccccc3)CC2)cc1C. The molecule has 2 aromatic rings. The molecule has 0 amide bonds. The van der Waals surface area contributed by atoms with E-state index in [4.69, 9.17) is 4.74 Å². The average Bonchev–Trinajstić information content (AvgIpc) is 2.71. The van der Waals surface area contributed by atoms with Crippen LogP contribution in [0.3, 0.4) is 0 Å². The number of nitrogens with zero attached hydrogens (tertiary/aromatic N) is 1. The van der Waals surface area contributed by atoms with Gasteiger partial charge < -0.3 is 4.74 Å². The van der Waals surface area contributed by atoms with Gasteiger partial charge in [-0.25, -0.2) is 13.1 Å². The van der Waals surface area contributed by atoms with Crippen LogP contribution in [-0.2, 0) is 16.6 Å². The van der Waals surface area contributed by atoms with Crippen molar-refractivity contribution in [3.8, 4) is 5.75 Å². The fourth-order valence-corrected chi connectivity index (χ4v) is 5.22. The Kier molecular flexibility index (Phi) is 7.33. The van der Waals surface area contributed by atoms with Gasteiger partial charge in [0.1, 0.15) is 5.75 Å². The number of ether oxygens (including phenoxy) is 1. The molecule has 1 aliphatic rings. The molecule has 2 aromatic carbocycles. The smallest absolute Gasteiger partial charge is 0.240 e. The van der Waals surface area contributed by atoms with Gasteiger partial charge in [-0.2, -0.15) is 0 Å². The first-order valence-electron chi connectivity index (χ1n) is 10.4. The largest absolute Gasteiger partial charge is 0.493 e. The third-order valence-corrected chi connectivity index (χ3v) is 6.95. The van der Waals surface area contributed by atoms with E-state index in [0.29, 0.717) is 24.0 Å². The van der Waals surface area contributed by atoms with Crippen LogP contribution in [0.1, 0.15) is 36.5 Å². The highest BCUT2D eigenvalue weighted by atomic mass is 32.2. The van der Waals surface area contributed by atoms with Gasteiger partial charge in [0.25, 0.3) is 0 Å². The Hall–Kier alpha value is -1.89. The minimum atomic E-state index is -3.52. The molecule has 0 saturated carbocycles. The van der Waals surface area contributed by atoms with Gasteiger partial charge in [-0.05, 0) is 81.4 Å². The van der Waals surface area contributed by atoms with Crippen LogP contribution in [0, 0.1) is 19.8 Å². The second-order valence-electron chi connectivity index (χ2n) is 7.88. The molecule has 0 bridgehead atoms. The summed E-state index contributed by atoms with van der Waals surface area (Å²) in [5.74, 6) is 1.15. The number of hydrogen-bond acceptors (Lipinski definition) is 4. The van der Waals surface area contributed by atoms with E-state index in [-0.39, 0.29) is 0 Å². The monoisotopic (exact) mass is 416 g/mol. The fraction of sp³-hybridized carbons (Fsp3) is 0.478. The highest BCUT2D eigenvalue weighted by Crippen LogP contribution is 2.27. The second kappa shape index (κ2) is 9.74. The highest BCUT2D eigenvalue weighted by Gasteiger charge is 2.23. The molecule has 1 aliphatic heterocycles. The predicted octanol–water partition coefficient (Wildman–Crippen LogP) is 3.89. The number of rotatable bonds is 8. The number of aryl methyl sites for hydroxylation is 2. The summed E-state index contributed by atoms with van der Waals surface area (Å²) in [5, 5.41) is 0. The van der Waals surface area contributed by atoms with Gasteiger partial charge in [0, 0.05) is 13.1 Å². The lowest BCUT2D eigenvalue weighted by Crippen LogP contribution is -2.38. The Bertz CT molecular complexity index is 882. The first-order chi connectivity index (χ1) is 13.9. The number of benzene rings is 2. The zero-order valence-electron chi connectivity index (χ0n) is 17.6. The molecule has 1 saturated heterocycles. The first-order valence-corrected chi connectivity index (χ1v) is 11.9. The van der Waals surface area contributed by atoms with Crippen molar-refractivity contribution in [2.75, 3.05) is 26.2 Å². The van der Waals surface area contributed by atoms with Crippen LogP contribution in [-0.4, -0.2) is 39.6 Å². The number of hydrogen-bond donors (Lipinski definition) is 1. The minimum absolute atomic E-state index is 0.317. The molecule has 158 valence electrons. The summed E-state index contributed by atoms with van der Waals surface area (Å²) in [7, 11) is -3.52. The van der Waals surface area contributed by atoms with E-state index in [1.165, 1.54) is 5.56 Å². The zero-order valence-corrected chi connectivity index (χ0v) is 18.5. The Morgan fingerprint density at radius 3 is 2.28 bits per heavy atom. The van der Waals surface area contributed by atoms with E-state index in [9.17, 15) is 8.42 Å². The predicted molar refractivity (Wildman–Crippen MR) is 117 cm³/mol. The Balaban J connectivity index is 1.53. The standard InChI is InChI=1S/C23H32N2O3S/c1-4-28-23-18(2)14-22(15-19(23)3)29(26,27)24-16-20-10-12-25(13-11-20)17-21-8-6-5-7-9-21/h5-9,14-15,20,24H,4,10-13,16-17H2,1-3H3.